The maximum Gasteiger partial charge on any atom is 0.139 e. The largest absolute Gasteiger partial charge is 0.490 e. The Balaban J connectivity index is 2.20. The SMILES string of the molecule is CC(C)CCOCCOc1cc(Cl)ccc1Cl. The van der Waals surface area contributed by atoms with Crippen LogP contribution in [0.4, 0.5) is 0 Å². The highest BCUT2D eigenvalue weighted by atomic mass is 35.5. The summed E-state index contributed by atoms with van der Waals surface area (Å²) < 4.78 is 10.9. The predicted molar refractivity (Wildman–Crippen MR) is 72.2 cm³/mol. The highest BCUT2D eigenvalue weighted by molar-refractivity contribution is 6.34. The standard InChI is InChI=1S/C13H18Cl2O2/c1-10(2)5-6-16-7-8-17-13-9-11(14)3-4-12(13)15/h3-4,9-10H,5-8H2,1-2H3. The van der Waals surface area contributed by atoms with E-state index in [1.165, 1.54) is 0 Å². The minimum Gasteiger partial charge on any atom is -0.490 e. The average molecular weight is 277 g/mol. The zero-order valence-corrected chi connectivity index (χ0v) is 11.7. The molecule has 0 spiro atoms. The lowest BCUT2D eigenvalue weighted by atomic mass is 10.1. The Morgan fingerprint density at radius 2 is 1.88 bits per heavy atom. The van der Waals surface area contributed by atoms with Crippen molar-refractivity contribution in [2.45, 2.75) is 20.3 Å². The number of hydrogen-bond acceptors (Lipinski definition) is 2. The molecular weight excluding hydrogens is 259 g/mol. The minimum atomic E-state index is 0.484. The van der Waals surface area contributed by atoms with Gasteiger partial charge in [-0.1, -0.05) is 37.0 Å². The van der Waals surface area contributed by atoms with Crippen LogP contribution in [-0.2, 0) is 4.74 Å². The van der Waals surface area contributed by atoms with Crippen molar-refractivity contribution in [3.05, 3.63) is 28.2 Å². The first-order valence-electron chi connectivity index (χ1n) is 5.75. The molecule has 0 aromatic heterocycles. The van der Waals surface area contributed by atoms with Gasteiger partial charge in [-0.2, -0.15) is 0 Å². The summed E-state index contributed by atoms with van der Waals surface area (Å²) in [6.07, 6.45) is 1.07. The Morgan fingerprint density at radius 3 is 2.59 bits per heavy atom. The van der Waals surface area contributed by atoms with Gasteiger partial charge in [0.05, 0.1) is 11.6 Å². The van der Waals surface area contributed by atoms with Gasteiger partial charge in [-0.3, -0.25) is 0 Å². The molecule has 0 N–H and O–H groups in total. The molecule has 0 saturated heterocycles. The van der Waals surface area contributed by atoms with Gasteiger partial charge in [0, 0.05) is 17.7 Å². The monoisotopic (exact) mass is 276 g/mol. The molecule has 0 amide bonds. The molecule has 2 nitrogen and oxygen atoms in total. The summed E-state index contributed by atoms with van der Waals surface area (Å²) in [5, 5.41) is 1.18. The molecule has 0 aliphatic carbocycles. The normalized spacial score (nSPS) is 10.9. The number of hydrogen-bond donors (Lipinski definition) is 0. The Kier molecular flexibility index (Phi) is 6.71. The van der Waals surface area contributed by atoms with Crippen molar-refractivity contribution in [1.29, 1.82) is 0 Å². The minimum absolute atomic E-state index is 0.484. The van der Waals surface area contributed by atoms with E-state index in [1.807, 2.05) is 0 Å². The molecule has 1 aromatic rings. The lowest BCUT2D eigenvalue weighted by molar-refractivity contribution is 0.0926. The molecule has 0 saturated carbocycles. The van der Waals surface area contributed by atoms with E-state index in [-0.39, 0.29) is 0 Å². The van der Waals surface area contributed by atoms with Gasteiger partial charge in [-0.05, 0) is 24.5 Å². The Morgan fingerprint density at radius 1 is 1.12 bits per heavy atom. The summed E-state index contributed by atoms with van der Waals surface area (Å²) in [6, 6.07) is 5.16. The van der Waals surface area contributed by atoms with Crippen LogP contribution in [0.1, 0.15) is 20.3 Å². The van der Waals surface area contributed by atoms with Crippen LogP contribution in [0.3, 0.4) is 0 Å². The van der Waals surface area contributed by atoms with E-state index >= 15 is 0 Å². The van der Waals surface area contributed by atoms with Gasteiger partial charge in [0.15, 0.2) is 0 Å². The van der Waals surface area contributed by atoms with E-state index < -0.39 is 0 Å². The summed E-state index contributed by atoms with van der Waals surface area (Å²) in [5.74, 6) is 1.27. The molecule has 0 fully saturated rings. The number of halogens is 2. The molecule has 17 heavy (non-hydrogen) atoms. The topological polar surface area (TPSA) is 18.5 Å². The average Bonchev–Trinajstić information content (AvgIpc) is 2.27. The first-order chi connectivity index (χ1) is 8.09. The molecular formula is C13H18Cl2O2. The van der Waals surface area contributed by atoms with Crippen molar-refractivity contribution >= 4 is 23.2 Å². The summed E-state index contributed by atoms with van der Waals surface area (Å²) in [7, 11) is 0. The summed E-state index contributed by atoms with van der Waals surface area (Å²) >= 11 is 11.8. The lowest BCUT2D eigenvalue weighted by Crippen LogP contribution is -2.08. The second-order valence-electron chi connectivity index (χ2n) is 4.22. The first-order valence-corrected chi connectivity index (χ1v) is 6.51. The second-order valence-corrected chi connectivity index (χ2v) is 5.06. The zero-order valence-electron chi connectivity index (χ0n) is 10.2. The van der Waals surface area contributed by atoms with Crippen molar-refractivity contribution < 1.29 is 9.47 Å². The van der Waals surface area contributed by atoms with Crippen LogP contribution in [0.25, 0.3) is 0 Å². The molecule has 0 heterocycles. The molecule has 1 rings (SSSR count). The maximum atomic E-state index is 5.95. The quantitative estimate of drug-likeness (QED) is 0.686. The molecule has 0 atom stereocenters. The van der Waals surface area contributed by atoms with Crippen molar-refractivity contribution in [3.8, 4) is 5.75 Å². The van der Waals surface area contributed by atoms with Crippen molar-refractivity contribution in [1.82, 2.24) is 0 Å². The van der Waals surface area contributed by atoms with Gasteiger partial charge >= 0.3 is 0 Å². The van der Waals surface area contributed by atoms with Gasteiger partial charge in [0.2, 0.25) is 0 Å². The fourth-order valence-corrected chi connectivity index (χ4v) is 1.55. The summed E-state index contributed by atoms with van der Waals surface area (Å²) in [6.45, 7) is 6.16. The van der Waals surface area contributed by atoms with Gasteiger partial charge in [0.1, 0.15) is 12.4 Å². The van der Waals surface area contributed by atoms with E-state index in [4.69, 9.17) is 32.7 Å². The Bertz CT molecular complexity index is 340. The van der Waals surface area contributed by atoms with Crippen molar-refractivity contribution in [2.75, 3.05) is 19.8 Å². The van der Waals surface area contributed by atoms with Crippen LogP contribution >= 0.6 is 23.2 Å². The van der Waals surface area contributed by atoms with Crippen molar-refractivity contribution in [3.63, 3.8) is 0 Å². The number of rotatable bonds is 7. The molecule has 0 radical (unpaired) electrons. The fraction of sp³-hybridized carbons (Fsp3) is 0.538. The zero-order chi connectivity index (χ0) is 12.7. The summed E-state index contributed by atoms with van der Waals surface area (Å²) in [5.41, 5.74) is 0. The molecule has 1 aromatic carbocycles. The summed E-state index contributed by atoms with van der Waals surface area (Å²) in [4.78, 5) is 0. The van der Waals surface area contributed by atoms with E-state index in [0.717, 1.165) is 13.0 Å². The van der Waals surface area contributed by atoms with Gasteiger partial charge < -0.3 is 9.47 Å². The van der Waals surface area contributed by atoms with Crippen LogP contribution in [0.5, 0.6) is 5.75 Å². The Hall–Kier alpha value is -0.440. The van der Waals surface area contributed by atoms with Crippen LogP contribution in [0, 0.1) is 5.92 Å². The molecule has 0 bridgehead atoms. The number of benzene rings is 1. The molecule has 96 valence electrons. The maximum absolute atomic E-state index is 5.95. The highest BCUT2D eigenvalue weighted by Crippen LogP contribution is 2.27. The van der Waals surface area contributed by atoms with Gasteiger partial charge in [0.25, 0.3) is 0 Å². The van der Waals surface area contributed by atoms with E-state index in [2.05, 4.69) is 13.8 Å². The third-order valence-electron chi connectivity index (χ3n) is 2.22. The number of ether oxygens (including phenoxy) is 2. The third-order valence-corrected chi connectivity index (χ3v) is 2.77. The van der Waals surface area contributed by atoms with E-state index in [0.29, 0.717) is 34.9 Å². The first kappa shape index (κ1) is 14.6. The van der Waals surface area contributed by atoms with Gasteiger partial charge in [-0.25, -0.2) is 0 Å². The van der Waals surface area contributed by atoms with Crippen LogP contribution in [0.15, 0.2) is 18.2 Å². The van der Waals surface area contributed by atoms with E-state index in [9.17, 15) is 0 Å². The lowest BCUT2D eigenvalue weighted by Gasteiger charge is -2.09. The highest BCUT2D eigenvalue weighted by Gasteiger charge is 2.02. The predicted octanol–water partition coefficient (Wildman–Crippen LogP) is 4.43. The molecule has 4 heteroatoms. The van der Waals surface area contributed by atoms with Crippen molar-refractivity contribution in [2.24, 2.45) is 5.92 Å². The third kappa shape index (κ3) is 6.16. The van der Waals surface area contributed by atoms with Crippen LogP contribution in [-0.4, -0.2) is 19.8 Å². The van der Waals surface area contributed by atoms with Crippen LogP contribution < -0.4 is 4.74 Å². The molecule has 0 aliphatic heterocycles. The van der Waals surface area contributed by atoms with Crippen LogP contribution in [0.2, 0.25) is 10.0 Å². The molecule has 0 unspecified atom stereocenters. The van der Waals surface area contributed by atoms with E-state index in [1.54, 1.807) is 18.2 Å². The fourth-order valence-electron chi connectivity index (χ4n) is 1.22. The van der Waals surface area contributed by atoms with Gasteiger partial charge in [-0.15, -0.1) is 0 Å². The smallest absolute Gasteiger partial charge is 0.139 e. The Labute approximate surface area is 113 Å². The molecule has 0 aliphatic rings. The second kappa shape index (κ2) is 7.80.